The molecule has 6 nitrogen and oxygen atoms in total. The number of hydrogen-bond donors (Lipinski definition) is 3. The summed E-state index contributed by atoms with van der Waals surface area (Å²) in [5.74, 6) is 1.24. The molecule has 2 aromatic carbocycles. The van der Waals surface area contributed by atoms with Crippen LogP contribution >= 0.6 is 12.6 Å². The van der Waals surface area contributed by atoms with E-state index in [1.165, 1.54) is 64.2 Å². The quantitative estimate of drug-likeness (QED) is 0.0578. The molecule has 7 heteroatoms. The van der Waals surface area contributed by atoms with Crippen molar-refractivity contribution in [3.63, 3.8) is 0 Å². The molecule has 1 saturated heterocycles. The average Bonchev–Trinajstić information content (AvgIpc) is 3.09. The molecule has 2 N–H and O–H groups in total. The second kappa shape index (κ2) is 23.3. The molecular weight excluding hydrogens is 637 g/mol. The number of likely N-dealkylation sites (tertiary alicyclic amines) is 1. The number of nitrogens with one attached hydrogen (secondary N) is 2. The van der Waals surface area contributed by atoms with Gasteiger partial charge in [-0.15, -0.1) is 0 Å². The standard InChI is InChI=1S/C43H70N4O2S/c1-6-7-8-11-17-30-47(32-19-13-20-33-50,34-40(48)44-41-35(2)23-21-24-36(41)3)31-18-12-9-10-15-28-46-29-16-14-27-39(46)43(49)45-42-37(4)25-22-26-38(42)5/h21-26,39H,6-20,27-34H2,1-5H3,(H2-,44,45,48,49,50)/p+1/t39-,47?/m0/s1. The highest BCUT2D eigenvalue weighted by molar-refractivity contribution is 7.80. The molecule has 2 atom stereocenters. The molecule has 0 aliphatic carbocycles. The highest BCUT2D eigenvalue weighted by Gasteiger charge is 2.31. The third kappa shape index (κ3) is 14.3. The Morgan fingerprint density at radius 3 is 1.76 bits per heavy atom. The first-order valence-corrected chi connectivity index (χ1v) is 20.8. The Morgan fingerprint density at radius 1 is 0.700 bits per heavy atom. The topological polar surface area (TPSA) is 61.4 Å². The smallest absolute Gasteiger partial charge is 0.279 e. The van der Waals surface area contributed by atoms with Crippen molar-refractivity contribution >= 4 is 35.8 Å². The van der Waals surface area contributed by atoms with Crippen molar-refractivity contribution in [3.05, 3.63) is 58.7 Å². The number of aryl methyl sites for hydroxylation is 4. The number of thiol groups is 1. The zero-order chi connectivity index (χ0) is 36.2. The number of piperidine rings is 1. The zero-order valence-electron chi connectivity index (χ0n) is 32.5. The maximum atomic E-state index is 13.7. The van der Waals surface area contributed by atoms with Gasteiger partial charge in [-0.25, -0.2) is 0 Å². The fraction of sp³-hybridized carbons (Fsp3) is 0.674. The second-order valence-corrected chi connectivity index (χ2v) is 15.7. The number of rotatable bonds is 24. The van der Waals surface area contributed by atoms with Crippen molar-refractivity contribution < 1.29 is 14.1 Å². The Bertz CT molecular complexity index is 1260. The van der Waals surface area contributed by atoms with Crippen molar-refractivity contribution in [1.29, 1.82) is 0 Å². The van der Waals surface area contributed by atoms with Crippen LogP contribution in [0.1, 0.15) is 132 Å². The normalized spacial score (nSPS) is 16.2. The lowest BCUT2D eigenvalue weighted by molar-refractivity contribution is -0.921. The zero-order valence-corrected chi connectivity index (χ0v) is 33.4. The van der Waals surface area contributed by atoms with Crippen LogP contribution in [0.15, 0.2) is 36.4 Å². The summed E-state index contributed by atoms with van der Waals surface area (Å²) in [6, 6.07) is 12.4. The van der Waals surface area contributed by atoms with E-state index in [1.807, 2.05) is 0 Å². The molecule has 3 rings (SSSR count). The summed E-state index contributed by atoms with van der Waals surface area (Å²) in [6.45, 7) is 16.4. The number of benzene rings is 2. The lowest BCUT2D eigenvalue weighted by atomic mass is 10.00. The molecule has 1 aliphatic rings. The van der Waals surface area contributed by atoms with E-state index < -0.39 is 0 Å². The molecule has 50 heavy (non-hydrogen) atoms. The number of anilines is 2. The summed E-state index contributed by atoms with van der Waals surface area (Å²) in [5.41, 5.74) is 6.46. The summed E-state index contributed by atoms with van der Waals surface area (Å²) in [4.78, 5) is 29.6. The van der Waals surface area contributed by atoms with E-state index in [1.54, 1.807) is 0 Å². The predicted molar refractivity (Wildman–Crippen MR) is 218 cm³/mol. The third-order valence-corrected chi connectivity index (χ3v) is 11.3. The van der Waals surface area contributed by atoms with E-state index >= 15 is 0 Å². The Kier molecular flexibility index (Phi) is 19.6. The Morgan fingerprint density at radius 2 is 1.20 bits per heavy atom. The van der Waals surface area contributed by atoms with Crippen LogP contribution in [-0.2, 0) is 9.59 Å². The van der Waals surface area contributed by atoms with Crippen molar-refractivity contribution in [1.82, 2.24) is 4.90 Å². The first kappa shape index (κ1) is 42.1. The van der Waals surface area contributed by atoms with Gasteiger partial charge in [-0.3, -0.25) is 14.5 Å². The van der Waals surface area contributed by atoms with Crippen LogP contribution in [0.25, 0.3) is 0 Å². The highest BCUT2D eigenvalue weighted by atomic mass is 32.1. The van der Waals surface area contributed by atoms with Gasteiger partial charge in [-0.05, 0) is 133 Å². The van der Waals surface area contributed by atoms with Gasteiger partial charge in [-0.1, -0.05) is 81.8 Å². The molecule has 280 valence electrons. The fourth-order valence-electron chi connectivity index (χ4n) is 7.92. The van der Waals surface area contributed by atoms with E-state index in [9.17, 15) is 9.59 Å². The van der Waals surface area contributed by atoms with Crippen molar-refractivity contribution in [2.75, 3.05) is 55.7 Å². The van der Waals surface area contributed by atoms with Gasteiger partial charge in [0.05, 0.1) is 25.7 Å². The molecular formula is C43H71N4O2S+. The molecule has 1 fully saturated rings. The molecule has 0 radical (unpaired) electrons. The molecule has 0 spiro atoms. The first-order chi connectivity index (χ1) is 24.2. The summed E-state index contributed by atoms with van der Waals surface area (Å²) >= 11 is 4.47. The Hall–Kier alpha value is -2.35. The Balaban J connectivity index is 1.55. The molecule has 1 aliphatic heterocycles. The van der Waals surface area contributed by atoms with Gasteiger partial charge in [0.1, 0.15) is 0 Å². The van der Waals surface area contributed by atoms with Crippen molar-refractivity contribution in [2.24, 2.45) is 0 Å². The fourth-order valence-corrected chi connectivity index (χ4v) is 8.14. The van der Waals surface area contributed by atoms with Gasteiger partial charge >= 0.3 is 0 Å². The van der Waals surface area contributed by atoms with Crippen LogP contribution in [0.2, 0.25) is 0 Å². The molecule has 0 saturated carbocycles. The number of carbonyl (C=O) groups excluding carboxylic acids is 2. The lowest BCUT2D eigenvalue weighted by Crippen LogP contribution is -2.54. The minimum atomic E-state index is -0.0323. The van der Waals surface area contributed by atoms with Gasteiger partial charge < -0.3 is 15.1 Å². The van der Waals surface area contributed by atoms with E-state index in [0.29, 0.717) is 6.54 Å². The number of carbonyl (C=O) groups is 2. The number of hydrogen-bond acceptors (Lipinski definition) is 4. The summed E-state index contributed by atoms with van der Waals surface area (Å²) in [5, 5.41) is 6.60. The number of amides is 2. The number of unbranched alkanes of at least 4 members (excludes halogenated alkanes) is 10. The highest BCUT2D eigenvalue weighted by Crippen LogP contribution is 2.25. The van der Waals surface area contributed by atoms with Gasteiger partial charge in [0, 0.05) is 11.4 Å². The molecule has 0 bridgehead atoms. The number of para-hydroxylation sites is 2. The van der Waals surface area contributed by atoms with Crippen molar-refractivity contribution in [3.8, 4) is 0 Å². The monoisotopic (exact) mass is 708 g/mol. The van der Waals surface area contributed by atoms with E-state index in [-0.39, 0.29) is 17.9 Å². The van der Waals surface area contributed by atoms with Gasteiger partial charge in [0.15, 0.2) is 6.54 Å². The van der Waals surface area contributed by atoms with Crippen LogP contribution in [-0.4, -0.2) is 72.3 Å². The molecule has 0 aromatic heterocycles. The van der Waals surface area contributed by atoms with Crippen LogP contribution in [0.3, 0.4) is 0 Å². The number of quaternary nitrogens is 1. The SMILES string of the molecule is CCCCCCC[N+](CCCCCS)(CCCCCCCN1CCCC[C@H]1C(=O)Nc1c(C)cccc1C)CC(=O)Nc1c(C)cccc1C. The average molecular weight is 708 g/mol. The molecule has 2 amide bonds. The van der Waals surface area contributed by atoms with E-state index in [2.05, 4.69) is 99.2 Å². The summed E-state index contributed by atoms with van der Waals surface area (Å²) < 4.78 is 0.903. The molecule has 2 aromatic rings. The van der Waals surface area contributed by atoms with E-state index in [4.69, 9.17) is 0 Å². The lowest BCUT2D eigenvalue weighted by Gasteiger charge is -2.39. The largest absolute Gasteiger partial charge is 0.324 e. The van der Waals surface area contributed by atoms with Crippen LogP contribution in [0.5, 0.6) is 0 Å². The maximum Gasteiger partial charge on any atom is 0.279 e. The minimum Gasteiger partial charge on any atom is -0.324 e. The first-order valence-electron chi connectivity index (χ1n) is 20.1. The van der Waals surface area contributed by atoms with Crippen molar-refractivity contribution in [2.45, 2.75) is 143 Å². The predicted octanol–water partition coefficient (Wildman–Crippen LogP) is 10.2. The van der Waals surface area contributed by atoms with E-state index in [0.717, 1.165) is 115 Å². The summed E-state index contributed by atoms with van der Waals surface area (Å²) in [6.07, 6.45) is 18.9. The van der Waals surface area contributed by atoms with Crippen LogP contribution in [0, 0.1) is 27.7 Å². The maximum absolute atomic E-state index is 13.7. The summed E-state index contributed by atoms with van der Waals surface area (Å²) in [7, 11) is 0. The van der Waals surface area contributed by atoms with Gasteiger partial charge in [0.2, 0.25) is 5.91 Å². The van der Waals surface area contributed by atoms with Gasteiger partial charge in [0.25, 0.3) is 5.91 Å². The molecule has 1 heterocycles. The van der Waals surface area contributed by atoms with Crippen LogP contribution in [0.4, 0.5) is 11.4 Å². The number of nitrogens with zero attached hydrogens (tertiary/aromatic N) is 2. The minimum absolute atomic E-state index is 0.0323. The third-order valence-electron chi connectivity index (χ3n) is 11.0. The second-order valence-electron chi connectivity index (χ2n) is 15.3. The van der Waals surface area contributed by atoms with Crippen LogP contribution < -0.4 is 10.6 Å². The Labute approximate surface area is 311 Å². The van der Waals surface area contributed by atoms with Gasteiger partial charge in [-0.2, -0.15) is 12.6 Å². The molecule has 1 unspecified atom stereocenters.